The summed E-state index contributed by atoms with van der Waals surface area (Å²) in [5.74, 6) is 0.0983. The van der Waals surface area contributed by atoms with Gasteiger partial charge in [0.25, 0.3) is 10.1 Å². The Morgan fingerprint density at radius 1 is 0.742 bits per heavy atom. The number of halogens is 1. The fourth-order valence-electron chi connectivity index (χ4n) is 3.27. The van der Waals surface area contributed by atoms with Gasteiger partial charge in [0.2, 0.25) is 0 Å². The van der Waals surface area contributed by atoms with Gasteiger partial charge in [0, 0.05) is 6.54 Å². The molecule has 0 aliphatic heterocycles. The summed E-state index contributed by atoms with van der Waals surface area (Å²) >= 11 is 0. The number of hydrogen-bond donors (Lipinski definition) is 1. The Balaban J connectivity index is 0. The highest BCUT2D eigenvalue weighted by molar-refractivity contribution is 7.86. The van der Waals surface area contributed by atoms with Crippen LogP contribution < -0.4 is 5.73 Å². The maximum absolute atomic E-state index is 11.9. The number of nitrogens with two attached hydrogens (primary N) is 1. The summed E-state index contributed by atoms with van der Waals surface area (Å²) in [5, 5.41) is 0. The number of hydrogen-bond acceptors (Lipinski definition) is 4. The second-order valence-corrected chi connectivity index (χ2v) is 10.1. The quantitative estimate of drug-likeness (QED) is 0.0964. The Bertz CT molecular complexity index is 444. The van der Waals surface area contributed by atoms with Crippen molar-refractivity contribution in [2.24, 2.45) is 5.73 Å². The Kier molecular flexibility index (Phi) is 29.1. The maximum Gasteiger partial charge on any atom is 0.267 e. The normalized spacial score (nSPS) is 11.2. The molecule has 0 saturated carbocycles. The minimum Gasteiger partial charge on any atom is -0.327 e. The van der Waals surface area contributed by atoms with Gasteiger partial charge < -0.3 is 5.73 Å². The Morgan fingerprint density at radius 2 is 1.13 bits per heavy atom. The van der Waals surface area contributed by atoms with Gasteiger partial charge in [-0.2, -0.15) is 8.42 Å². The summed E-state index contributed by atoms with van der Waals surface area (Å²) < 4.78 is 40.5. The lowest BCUT2D eigenvalue weighted by Gasteiger charge is -2.06. The average molecular weight is 466 g/mol. The molecule has 0 aromatic heterocycles. The molecule has 0 aliphatic rings. The van der Waals surface area contributed by atoms with Crippen molar-refractivity contribution in [2.45, 2.75) is 122 Å². The Labute approximate surface area is 193 Å². The van der Waals surface area contributed by atoms with E-state index in [1.165, 1.54) is 70.6 Å². The molecule has 0 radical (unpaired) electrons. The van der Waals surface area contributed by atoms with Crippen LogP contribution in [0.3, 0.4) is 0 Å². The maximum atomic E-state index is 11.9. The van der Waals surface area contributed by atoms with Crippen LogP contribution in [0, 0.1) is 0 Å². The second kappa shape index (κ2) is 27.6. The summed E-state index contributed by atoms with van der Waals surface area (Å²) in [5.41, 5.74) is 4.91. The molecule has 0 amide bonds. The molecule has 0 aromatic rings. The van der Waals surface area contributed by atoms with Crippen molar-refractivity contribution in [3.05, 3.63) is 12.7 Å². The largest absolute Gasteiger partial charge is 0.327 e. The minimum atomic E-state index is -3.36. The highest BCUT2D eigenvalue weighted by Gasteiger charge is 2.10. The van der Waals surface area contributed by atoms with Crippen molar-refractivity contribution >= 4 is 10.1 Å². The molecule has 0 unspecified atom stereocenters. The summed E-state index contributed by atoms with van der Waals surface area (Å²) in [6, 6.07) is 0. The molecule has 0 fully saturated rings. The lowest BCUT2D eigenvalue weighted by Crippen LogP contribution is -2.11. The van der Waals surface area contributed by atoms with Crippen LogP contribution in [-0.4, -0.2) is 34.0 Å². The average Bonchev–Trinajstić information content (AvgIpc) is 2.76. The third kappa shape index (κ3) is 31.8. The van der Waals surface area contributed by atoms with Gasteiger partial charge in [-0.1, -0.05) is 109 Å². The van der Waals surface area contributed by atoms with E-state index in [-0.39, 0.29) is 12.4 Å². The Hall–Kier alpha value is -0.460. The van der Waals surface area contributed by atoms with Crippen molar-refractivity contribution < 1.29 is 17.0 Å². The first kappa shape index (κ1) is 32.7. The van der Waals surface area contributed by atoms with Gasteiger partial charge in [-0.05, 0) is 19.3 Å². The Morgan fingerprint density at radius 3 is 1.55 bits per heavy atom. The first-order valence-electron chi connectivity index (χ1n) is 12.8. The molecule has 0 aliphatic carbocycles. The molecule has 2 N–H and O–H groups in total. The van der Waals surface area contributed by atoms with E-state index in [0.717, 1.165) is 32.1 Å². The van der Waals surface area contributed by atoms with E-state index in [9.17, 15) is 12.8 Å². The number of alkyl halides is 1. The molecule has 6 heteroatoms. The minimum absolute atomic E-state index is 0.0983. The molecule has 31 heavy (non-hydrogen) atoms. The van der Waals surface area contributed by atoms with Crippen molar-refractivity contribution in [3.63, 3.8) is 0 Å². The third-order valence-corrected chi connectivity index (χ3v) is 6.52. The van der Waals surface area contributed by atoms with Crippen LogP contribution in [-0.2, 0) is 14.3 Å². The highest BCUT2D eigenvalue weighted by Crippen LogP contribution is 2.13. The molecule has 0 heterocycles. The van der Waals surface area contributed by atoms with Crippen LogP contribution >= 0.6 is 0 Å². The summed E-state index contributed by atoms with van der Waals surface area (Å²) in [4.78, 5) is 0. The fourth-order valence-corrected chi connectivity index (χ4v) is 4.32. The van der Waals surface area contributed by atoms with Gasteiger partial charge >= 0.3 is 0 Å². The molecule has 0 saturated heterocycles. The van der Waals surface area contributed by atoms with Crippen molar-refractivity contribution in [1.82, 2.24) is 0 Å². The lowest BCUT2D eigenvalue weighted by atomic mass is 10.0. The van der Waals surface area contributed by atoms with Crippen LogP contribution in [0.25, 0.3) is 0 Å². The zero-order chi connectivity index (χ0) is 23.5. The van der Waals surface area contributed by atoms with Crippen molar-refractivity contribution in [1.29, 1.82) is 0 Å². The molecule has 188 valence electrons. The summed E-state index contributed by atoms with van der Waals surface area (Å²) in [7, 11) is -3.36. The van der Waals surface area contributed by atoms with E-state index < -0.39 is 10.1 Å². The zero-order valence-electron chi connectivity index (χ0n) is 20.4. The van der Waals surface area contributed by atoms with Gasteiger partial charge in [-0.25, -0.2) is 0 Å². The first-order chi connectivity index (χ1) is 15.0. The zero-order valence-corrected chi connectivity index (χ0v) is 21.2. The van der Waals surface area contributed by atoms with E-state index in [4.69, 9.17) is 9.92 Å². The van der Waals surface area contributed by atoms with E-state index >= 15 is 0 Å². The molecule has 4 nitrogen and oxygen atoms in total. The molecule has 0 spiro atoms. The van der Waals surface area contributed by atoms with Crippen LogP contribution in [0.4, 0.5) is 4.39 Å². The number of unbranched alkanes of at least 4 members (excludes halogenated alkanes) is 16. The highest BCUT2D eigenvalue weighted by atomic mass is 32.2. The predicted octanol–water partition coefficient (Wildman–Crippen LogP) is 7.48. The second-order valence-electron chi connectivity index (χ2n) is 8.31. The van der Waals surface area contributed by atoms with Crippen molar-refractivity contribution in [2.75, 3.05) is 25.6 Å². The molecule has 0 rings (SSSR count). The molecule has 0 bridgehead atoms. The molecular weight excluding hydrogens is 413 g/mol. The van der Waals surface area contributed by atoms with E-state index in [1.54, 1.807) is 6.08 Å². The van der Waals surface area contributed by atoms with Crippen LogP contribution in [0.15, 0.2) is 12.7 Å². The fraction of sp³-hybridized carbons (Fsp3) is 0.920. The smallest absolute Gasteiger partial charge is 0.267 e. The predicted molar refractivity (Wildman–Crippen MR) is 134 cm³/mol. The summed E-state index contributed by atoms with van der Waals surface area (Å²) in [6.07, 6.45) is 22.0. The monoisotopic (exact) mass is 465 g/mol. The van der Waals surface area contributed by atoms with Crippen LogP contribution in [0.2, 0.25) is 0 Å². The molecule has 0 atom stereocenters. The van der Waals surface area contributed by atoms with Gasteiger partial charge in [0.1, 0.15) is 0 Å². The standard InChI is InChI=1S/C22H45FO3S.C3H7N/c1-2-3-4-5-6-7-8-9-10-11-12-15-18-21-26-27(24,25)22-19-16-13-14-17-20-23;1-2-3-4/h2-22H2,1H3;2H,1,3-4H2. The molecule has 0 aromatic carbocycles. The van der Waals surface area contributed by atoms with E-state index in [1.807, 2.05) is 0 Å². The molecular formula is C25H52FNO3S. The van der Waals surface area contributed by atoms with Gasteiger partial charge in [0.15, 0.2) is 0 Å². The van der Waals surface area contributed by atoms with Crippen LogP contribution in [0.5, 0.6) is 0 Å². The van der Waals surface area contributed by atoms with Gasteiger partial charge in [-0.15, -0.1) is 6.58 Å². The first-order valence-corrected chi connectivity index (χ1v) is 14.4. The van der Waals surface area contributed by atoms with Gasteiger partial charge in [-0.3, -0.25) is 8.57 Å². The van der Waals surface area contributed by atoms with Crippen LogP contribution in [0.1, 0.15) is 122 Å². The summed E-state index contributed by atoms with van der Waals surface area (Å²) in [6.45, 7) is 6.24. The van der Waals surface area contributed by atoms with Crippen molar-refractivity contribution in [3.8, 4) is 0 Å². The van der Waals surface area contributed by atoms with E-state index in [0.29, 0.717) is 26.0 Å². The number of rotatable bonds is 23. The SMILES string of the molecule is C=CCN.CCCCCCCCCCCCCCCOS(=O)(=O)CCCCCCCF. The lowest BCUT2D eigenvalue weighted by molar-refractivity contribution is 0.305. The topological polar surface area (TPSA) is 69.4 Å². The van der Waals surface area contributed by atoms with Gasteiger partial charge in [0.05, 0.1) is 19.0 Å². The third-order valence-electron chi connectivity index (χ3n) is 5.21. The van der Waals surface area contributed by atoms with E-state index in [2.05, 4.69) is 13.5 Å².